The van der Waals surface area contributed by atoms with Crippen LogP contribution in [-0.2, 0) is 5.75 Å². The monoisotopic (exact) mass is 230 g/mol. The highest BCUT2D eigenvalue weighted by Gasteiger charge is 2.11. The average Bonchev–Trinajstić information content (AvgIpc) is 2.28. The van der Waals surface area contributed by atoms with Gasteiger partial charge < -0.3 is 5.73 Å². The summed E-state index contributed by atoms with van der Waals surface area (Å²) < 4.78 is 0. The molecule has 4 heteroatoms. The van der Waals surface area contributed by atoms with Crippen LogP contribution in [0.25, 0.3) is 0 Å². The molecule has 1 heterocycles. The van der Waals surface area contributed by atoms with Gasteiger partial charge in [0.1, 0.15) is 5.01 Å². The van der Waals surface area contributed by atoms with Gasteiger partial charge >= 0.3 is 0 Å². The topological polar surface area (TPSA) is 38.9 Å². The maximum atomic E-state index is 5.90. The van der Waals surface area contributed by atoms with Crippen molar-refractivity contribution in [2.75, 3.05) is 5.75 Å². The van der Waals surface area contributed by atoms with Crippen LogP contribution in [0.15, 0.2) is 0 Å². The molecule has 0 spiro atoms. The van der Waals surface area contributed by atoms with Crippen molar-refractivity contribution in [1.29, 1.82) is 0 Å². The van der Waals surface area contributed by atoms with E-state index in [1.54, 1.807) is 11.3 Å². The van der Waals surface area contributed by atoms with Crippen molar-refractivity contribution in [1.82, 2.24) is 4.98 Å². The predicted molar refractivity (Wildman–Crippen MR) is 66.0 cm³/mol. The van der Waals surface area contributed by atoms with Gasteiger partial charge in [0, 0.05) is 21.9 Å². The Labute approximate surface area is 94.3 Å². The van der Waals surface area contributed by atoms with Gasteiger partial charge in [0.25, 0.3) is 0 Å². The molecule has 0 amide bonds. The summed E-state index contributed by atoms with van der Waals surface area (Å²) in [6.45, 7) is 8.29. The highest BCUT2D eigenvalue weighted by molar-refractivity contribution is 7.98. The average molecular weight is 230 g/mol. The second-order valence-electron chi connectivity index (χ2n) is 4.23. The van der Waals surface area contributed by atoms with Gasteiger partial charge in [0.15, 0.2) is 0 Å². The Morgan fingerprint density at radius 1 is 1.43 bits per heavy atom. The number of hydrogen-bond donors (Lipinski definition) is 1. The molecule has 0 aliphatic rings. The number of hydrogen-bond acceptors (Lipinski definition) is 4. The fourth-order valence-corrected chi connectivity index (χ4v) is 3.08. The Kier molecular flexibility index (Phi) is 3.98. The SMILES string of the molecule is Cc1nc(CSCC(C)(C)N)sc1C. The van der Waals surface area contributed by atoms with Gasteiger partial charge in [0.05, 0.1) is 5.69 Å². The fraction of sp³-hybridized carbons (Fsp3) is 0.700. The standard InChI is InChI=1S/C10H18N2S2/c1-7-8(2)14-9(12-7)5-13-6-10(3,4)11/h5-6,11H2,1-4H3. The molecule has 0 aliphatic heterocycles. The van der Waals surface area contributed by atoms with Gasteiger partial charge in [-0.25, -0.2) is 4.98 Å². The van der Waals surface area contributed by atoms with Crippen molar-refractivity contribution in [2.24, 2.45) is 5.73 Å². The van der Waals surface area contributed by atoms with E-state index in [4.69, 9.17) is 5.73 Å². The molecule has 0 radical (unpaired) electrons. The number of aromatic nitrogens is 1. The van der Waals surface area contributed by atoms with E-state index in [0.717, 1.165) is 17.2 Å². The molecule has 2 N–H and O–H groups in total. The van der Waals surface area contributed by atoms with Gasteiger partial charge in [-0.05, 0) is 27.7 Å². The first-order chi connectivity index (χ1) is 6.38. The maximum Gasteiger partial charge on any atom is 0.103 e. The number of nitrogens with two attached hydrogens (primary N) is 1. The minimum Gasteiger partial charge on any atom is -0.325 e. The van der Waals surface area contributed by atoms with Crippen LogP contribution in [0.3, 0.4) is 0 Å². The molecular weight excluding hydrogens is 212 g/mol. The molecule has 0 saturated heterocycles. The summed E-state index contributed by atoms with van der Waals surface area (Å²) in [5.74, 6) is 1.96. The molecule has 0 aliphatic carbocycles. The van der Waals surface area contributed by atoms with E-state index in [2.05, 4.69) is 32.7 Å². The molecular formula is C10H18N2S2. The lowest BCUT2D eigenvalue weighted by molar-refractivity contribution is 0.591. The zero-order valence-corrected chi connectivity index (χ0v) is 10.9. The number of aryl methyl sites for hydroxylation is 2. The minimum atomic E-state index is -0.0774. The van der Waals surface area contributed by atoms with E-state index in [1.807, 2.05) is 11.8 Å². The van der Waals surface area contributed by atoms with Gasteiger partial charge in [-0.15, -0.1) is 11.3 Å². The first-order valence-electron chi connectivity index (χ1n) is 4.68. The van der Waals surface area contributed by atoms with Crippen molar-refractivity contribution in [3.05, 3.63) is 15.6 Å². The minimum absolute atomic E-state index is 0.0774. The third kappa shape index (κ3) is 3.98. The Balaban J connectivity index is 2.39. The van der Waals surface area contributed by atoms with Gasteiger partial charge in [-0.1, -0.05) is 0 Å². The first kappa shape index (κ1) is 12.0. The Morgan fingerprint density at radius 2 is 2.07 bits per heavy atom. The maximum absolute atomic E-state index is 5.90. The Hall–Kier alpha value is -0.0600. The smallest absolute Gasteiger partial charge is 0.103 e. The lowest BCUT2D eigenvalue weighted by atomic mass is 10.1. The van der Waals surface area contributed by atoms with Gasteiger partial charge in [-0.3, -0.25) is 0 Å². The molecule has 0 atom stereocenters. The van der Waals surface area contributed by atoms with Crippen LogP contribution in [0.2, 0.25) is 0 Å². The normalized spacial score (nSPS) is 12.1. The van der Waals surface area contributed by atoms with Crippen LogP contribution in [0.4, 0.5) is 0 Å². The van der Waals surface area contributed by atoms with Gasteiger partial charge in [-0.2, -0.15) is 11.8 Å². The number of rotatable bonds is 4. The van der Waals surface area contributed by atoms with E-state index in [1.165, 1.54) is 9.88 Å². The van der Waals surface area contributed by atoms with Crippen LogP contribution < -0.4 is 5.73 Å². The lowest BCUT2D eigenvalue weighted by Crippen LogP contribution is -2.34. The molecule has 2 nitrogen and oxygen atoms in total. The van der Waals surface area contributed by atoms with Gasteiger partial charge in [0.2, 0.25) is 0 Å². The molecule has 0 bridgehead atoms. The fourth-order valence-electron chi connectivity index (χ4n) is 1.00. The zero-order chi connectivity index (χ0) is 10.8. The Morgan fingerprint density at radius 3 is 2.50 bits per heavy atom. The molecule has 14 heavy (non-hydrogen) atoms. The molecule has 80 valence electrons. The second-order valence-corrected chi connectivity index (χ2v) is 6.50. The molecule has 1 aromatic rings. The van der Waals surface area contributed by atoms with Crippen molar-refractivity contribution >= 4 is 23.1 Å². The summed E-state index contributed by atoms with van der Waals surface area (Å²) in [5.41, 5.74) is 6.98. The second kappa shape index (κ2) is 4.64. The molecule has 1 aromatic heterocycles. The largest absolute Gasteiger partial charge is 0.325 e. The van der Waals surface area contributed by atoms with E-state index in [0.29, 0.717) is 0 Å². The third-order valence-electron chi connectivity index (χ3n) is 1.77. The third-order valence-corrected chi connectivity index (χ3v) is 4.45. The van der Waals surface area contributed by atoms with Crippen LogP contribution in [-0.4, -0.2) is 16.3 Å². The van der Waals surface area contributed by atoms with E-state index >= 15 is 0 Å². The lowest BCUT2D eigenvalue weighted by Gasteiger charge is -2.16. The number of thioether (sulfide) groups is 1. The van der Waals surface area contributed by atoms with Crippen LogP contribution >= 0.6 is 23.1 Å². The van der Waals surface area contributed by atoms with Crippen molar-refractivity contribution < 1.29 is 0 Å². The number of nitrogens with zero attached hydrogens (tertiary/aromatic N) is 1. The summed E-state index contributed by atoms with van der Waals surface area (Å²) in [6, 6.07) is 0. The van der Waals surface area contributed by atoms with Crippen LogP contribution in [0.1, 0.15) is 29.4 Å². The summed E-state index contributed by atoms with van der Waals surface area (Å²) >= 11 is 3.65. The highest BCUT2D eigenvalue weighted by atomic mass is 32.2. The van der Waals surface area contributed by atoms with E-state index in [-0.39, 0.29) is 5.54 Å². The summed E-state index contributed by atoms with van der Waals surface area (Å²) in [4.78, 5) is 5.81. The zero-order valence-electron chi connectivity index (χ0n) is 9.26. The molecule has 0 unspecified atom stereocenters. The summed E-state index contributed by atoms with van der Waals surface area (Å²) in [5, 5.41) is 1.22. The highest BCUT2D eigenvalue weighted by Crippen LogP contribution is 2.22. The van der Waals surface area contributed by atoms with E-state index in [9.17, 15) is 0 Å². The molecule has 0 aromatic carbocycles. The predicted octanol–water partition coefficient (Wildman–Crippen LogP) is 2.73. The quantitative estimate of drug-likeness (QED) is 0.864. The molecule has 1 rings (SSSR count). The van der Waals surface area contributed by atoms with Crippen LogP contribution in [0.5, 0.6) is 0 Å². The molecule has 0 saturated carbocycles. The van der Waals surface area contributed by atoms with Crippen LogP contribution in [0, 0.1) is 13.8 Å². The van der Waals surface area contributed by atoms with E-state index < -0.39 is 0 Å². The summed E-state index contributed by atoms with van der Waals surface area (Å²) in [6.07, 6.45) is 0. The van der Waals surface area contributed by atoms with Crippen molar-refractivity contribution in [3.8, 4) is 0 Å². The van der Waals surface area contributed by atoms with Crippen molar-refractivity contribution in [2.45, 2.75) is 39.0 Å². The number of thiazole rings is 1. The Bertz CT molecular complexity index is 280. The molecule has 0 fully saturated rings. The summed E-state index contributed by atoms with van der Waals surface area (Å²) in [7, 11) is 0. The first-order valence-corrected chi connectivity index (χ1v) is 6.65. The van der Waals surface area contributed by atoms with Crippen molar-refractivity contribution in [3.63, 3.8) is 0 Å².